The predicted octanol–water partition coefficient (Wildman–Crippen LogP) is 1.32. The SMILES string of the molecule is Cc1cc(N)nc(Cl)c1C(=O)O. The molecule has 0 unspecified atom stereocenters. The molecule has 1 aromatic rings. The van der Waals surface area contributed by atoms with Crippen molar-refractivity contribution in [1.29, 1.82) is 0 Å². The Morgan fingerprint density at radius 1 is 1.75 bits per heavy atom. The van der Waals surface area contributed by atoms with E-state index < -0.39 is 5.97 Å². The molecule has 0 aliphatic heterocycles. The van der Waals surface area contributed by atoms with Crippen LogP contribution in [-0.4, -0.2) is 16.1 Å². The molecule has 0 amide bonds. The molecule has 0 aromatic carbocycles. The van der Waals surface area contributed by atoms with E-state index in [2.05, 4.69) is 4.98 Å². The van der Waals surface area contributed by atoms with Gasteiger partial charge in [0.1, 0.15) is 11.0 Å². The number of nitrogen functional groups attached to an aromatic ring is 1. The van der Waals surface area contributed by atoms with Crippen molar-refractivity contribution < 1.29 is 9.90 Å². The first kappa shape index (κ1) is 8.80. The van der Waals surface area contributed by atoms with Gasteiger partial charge in [-0.25, -0.2) is 9.78 Å². The van der Waals surface area contributed by atoms with Gasteiger partial charge >= 0.3 is 5.97 Å². The van der Waals surface area contributed by atoms with Crippen molar-refractivity contribution >= 4 is 23.4 Å². The van der Waals surface area contributed by atoms with Crippen LogP contribution in [0.4, 0.5) is 5.82 Å². The molecular formula is C7H7ClN2O2. The van der Waals surface area contributed by atoms with Gasteiger partial charge in [-0.05, 0) is 18.6 Å². The normalized spacial score (nSPS) is 9.83. The second kappa shape index (κ2) is 2.98. The minimum atomic E-state index is -1.09. The third-order valence-corrected chi connectivity index (χ3v) is 1.68. The Labute approximate surface area is 74.0 Å². The number of carboxylic acids is 1. The van der Waals surface area contributed by atoms with Crippen LogP contribution in [0.25, 0.3) is 0 Å². The van der Waals surface area contributed by atoms with Gasteiger partial charge in [-0.3, -0.25) is 0 Å². The monoisotopic (exact) mass is 186 g/mol. The molecule has 4 nitrogen and oxygen atoms in total. The molecule has 0 aliphatic rings. The highest BCUT2D eigenvalue weighted by molar-refractivity contribution is 6.32. The molecular weight excluding hydrogens is 180 g/mol. The molecule has 0 saturated heterocycles. The highest BCUT2D eigenvalue weighted by Gasteiger charge is 2.13. The molecule has 0 atom stereocenters. The molecule has 1 aromatic heterocycles. The smallest absolute Gasteiger partial charge is 0.339 e. The van der Waals surface area contributed by atoms with Crippen LogP contribution in [0.1, 0.15) is 15.9 Å². The number of nitrogens with zero attached hydrogens (tertiary/aromatic N) is 1. The van der Waals surface area contributed by atoms with E-state index in [4.69, 9.17) is 22.4 Å². The maximum atomic E-state index is 10.6. The first-order valence-electron chi connectivity index (χ1n) is 3.18. The van der Waals surface area contributed by atoms with Crippen LogP contribution in [-0.2, 0) is 0 Å². The van der Waals surface area contributed by atoms with Crippen molar-refractivity contribution in [3.63, 3.8) is 0 Å². The average molecular weight is 187 g/mol. The van der Waals surface area contributed by atoms with E-state index in [0.717, 1.165) is 0 Å². The molecule has 0 aliphatic carbocycles. The van der Waals surface area contributed by atoms with E-state index in [1.807, 2.05) is 0 Å². The topological polar surface area (TPSA) is 76.2 Å². The van der Waals surface area contributed by atoms with Gasteiger partial charge < -0.3 is 10.8 Å². The van der Waals surface area contributed by atoms with Crippen molar-refractivity contribution in [3.05, 3.63) is 22.3 Å². The van der Waals surface area contributed by atoms with E-state index in [-0.39, 0.29) is 16.5 Å². The second-order valence-electron chi connectivity index (χ2n) is 2.33. The van der Waals surface area contributed by atoms with Crippen molar-refractivity contribution in [1.82, 2.24) is 4.98 Å². The number of hydrogen-bond donors (Lipinski definition) is 2. The van der Waals surface area contributed by atoms with Crippen LogP contribution in [0, 0.1) is 6.92 Å². The average Bonchev–Trinajstić information content (AvgIpc) is 1.82. The number of hydrogen-bond acceptors (Lipinski definition) is 3. The number of aryl methyl sites for hydroxylation is 1. The van der Waals surface area contributed by atoms with E-state index in [0.29, 0.717) is 5.56 Å². The predicted molar refractivity (Wildman–Crippen MR) is 45.4 cm³/mol. The zero-order valence-corrected chi connectivity index (χ0v) is 7.09. The first-order chi connectivity index (χ1) is 5.52. The molecule has 64 valence electrons. The van der Waals surface area contributed by atoms with E-state index in [1.54, 1.807) is 6.92 Å². The Morgan fingerprint density at radius 3 is 2.75 bits per heavy atom. The van der Waals surface area contributed by atoms with Crippen molar-refractivity contribution in [2.45, 2.75) is 6.92 Å². The number of carbonyl (C=O) groups is 1. The van der Waals surface area contributed by atoms with Gasteiger partial charge in [0, 0.05) is 0 Å². The van der Waals surface area contributed by atoms with E-state index in [1.165, 1.54) is 6.07 Å². The lowest BCUT2D eigenvalue weighted by Gasteiger charge is -2.02. The summed E-state index contributed by atoms with van der Waals surface area (Å²) in [7, 11) is 0. The number of halogens is 1. The molecule has 0 fully saturated rings. The van der Waals surface area contributed by atoms with Crippen LogP contribution in [0.15, 0.2) is 6.07 Å². The fourth-order valence-electron chi connectivity index (χ4n) is 0.915. The minimum absolute atomic E-state index is 0.00543. The highest BCUT2D eigenvalue weighted by atomic mass is 35.5. The quantitative estimate of drug-likeness (QED) is 0.649. The van der Waals surface area contributed by atoms with Crippen molar-refractivity contribution in [2.75, 3.05) is 5.73 Å². The molecule has 0 spiro atoms. The number of aromatic nitrogens is 1. The Balaban J connectivity index is 3.38. The Hall–Kier alpha value is -1.29. The Bertz CT molecular complexity index is 315. The lowest BCUT2D eigenvalue weighted by atomic mass is 10.1. The number of aromatic carboxylic acids is 1. The number of rotatable bonds is 1. The molecule has 0 radical (unpaired) electrons. The van der Waals surface area contributed by atoms with Crippen molar-refractivity contribution in [3.8, 4) is 0 Å². The van der Waals surface area contributed by atoms with Gasteiger partial charge in [-0.2, -0.15) is 0 Å². The summed E-state index contributed by atoms with van der Waals surface area (Å²) in [6.45, 7) is 1.62. The molecule has 3 N–H and O–H groups in total. The highest BCUT2D eigenvalue weighted by Crippen LogP contribution is 2.19. The number of nitrogens with two attached hydrogens (primary N) is 1. The van der Waals surface area contributed by atoms with Gasteiger partial charge in [0.15, 0.2) is 0 Å². The summed E-state index contributed by atoms with van der Waals surface area (Å²) in [5.74, 6) is -0.868. The van der Waals surface area contributed by atoms with Crippen molar-refractivity contribution in [2.24, 2.45) is 0 Å². The maximum absolute atomic E-state index is 10.6. The Morgan fingerprint density at radius 2 is 2.33 bits per heavy atom. The summed E-state index contributed by atoms with van der Waals surface area (Å²) >= 11 is 5.56. The summed E-state index contributed by atoms with van der Waals surface area (Å²) in [5, 5.41) is 8.60. The van der Waals surface area contributed by atoms with Gasteiger partial charge in [-0.1, -0.05) is 11.6 Å². The summed E-state index contributed by atoms with van der Waals surface area (Å²) in [6, 6.07) is 1.47. The van der Waals surface area contributed by atoms with Gasteiger partial charge in [0.05, 0.1) is 5.56 Å². The first-order valence-corrected chi connectivity index (χ1v) is 3.56. The summed E-state index contributed by atoms with van der Waals surface area (Å²) in [5.41, 5.74) is 5.86. The van der Waals surface area contributed by atoms with Gasteiger partial charge in [0.25, 0.3) is 0 Å². The van der Waals surface area contributed by atoms with Gasteiger partial charge in [-0.15, -0.1) is 0 Å². The van der Waals surface area contributed by atoms with Crippen LogP contribution in [0.2, 0.25) is 5.15 Å². The second-order valence-corrected chi connectivity index (χ2v) is 2.69. The number of pyridine rings is 1. The molecule has 0 saturated carbocycles. The largest absolute Gasteiger partial charge is 0.478 e. The molecule has 1 heterocycles. The van der Waals surface area contributed by atoms with E-state index in [9.17, 15) is 4.79 Å². The molecule has 0 bridgehead atoms. The fraction of sp³-hybridized carbons (Fsp3) is 0.143. The third kappa shape index (κ3) is 1.48. The van der Waals surface area contributed by atoms with Gasteiger partial charge in [0.2, 0.25) is 0 Å². The van der Waals surface area contributed by atoms with E-state index >= 15 is 0 Å². The lowest BCUT2D eigenvalue weighted by Crippen LogP contribution is -2.04. The summed E-state index contributed by atoms with van der Waals surface area (Å²) < 4.78 is 0. The van der Waals surface area contributed by atoms with Crippen LogP contribution in [0.3, 0.4) is 0 Å². The minimum Gasteiger partial charge on any atom is -0.478 e. The maximum Gasteiger partial charge on any atom is 0.339 e. The van der Waals surface area contributed by atoms with Crippen LogP contribution in [0.5, 0.6) is 0 Å². The molecule has 5 heteroatoms. The zero-order chi connectivity index (χ0) is 9.30. The third-order valence-electron chi connectivity index (χ3n) is 1.41. The zero-order valence-electron chi connectivity index (χ0n) is 6.34. The van der Waals surface area contributed by atoms with Crippen LogP contribution >= 0.6 is 11.6 Å². The number of anilines is 1. The Kier molecular flexibility index (Phi) is 2.19. The summed E-state index contributed by atoms with van der Waals surface area (Å²) in [6.07, 6.45) is 0. The fourth-order valence-corrected chi connectivity index (χ4v) is 1.24. The molecule has 12 heavy (non-hydrogen) atoms. The summed E-state index contributed by atoms with van der Waals surface area (Å²) in [4.78, 5) is 14.2. The van der Waals surface area contributed by atoms with Crippen LogP contribution < -0.4 is 5.73 Å². The number of carboxylic acid groups (broad SMARTS) is 1. The molecule has 1 rings (SSSR count). The standard InChI is InChI=1S/C7H7ClN2O2/c1-3-2-4(9)10-6(8)5(3)7(11)12/h2H,1H3,(H2,9,10)(H,11,12). The lowest BCUT2D eigenvalue weighted by molar-refractivity contribution is 0.0696.